The Morgan fingerprint density at radius 2 is 2.11 bits per heavy atom. The SMILES string of the molecule is COC(=O)C(CC(C)C)NC(=O)c1ccc(Br)o1. The van der Waals surface area contributed by atoms with E-state index in [1.54, 1.807) is 6.07 Å². The molecule has 1 atom stereocenters. The Morgan fingerprint density at radius 3 is 2.56 bits per heavy atom. The van der Waals surface area contributed by atoms with E-state index >= 15 is 0 Å². The maximum Gasteiger partial charge on any atom is 0.328 e. The molecule has 1 aromatic rings. The van der Waals surface area contributed by atoms with Crippen molar-refractivity contribution in [1.29, 1.82) is 0 Å². The molecule has 0 aliphatic carbocycles. The number of carbonyl (C=O) groups is 2. The zero-order valence-electron chi connectivity index (χ0n) is 10.5. The van der Waals surface area contributed by atoms with Crippen molar-refractivity contribution in [3.8, 4) is 0 Å². The lowest BCUT2D eigenvalue weighted by Gasteiger charge is -2.17. The lowest BCUT2D eigenvalue weighted by atomic mass is 10.0. The number of amides is 1. The minimum atomic E-state index is -0.661. The van der Waals surface area contributed by atoms with Gasteiger partial charge in [0.2, 0.25) is 0 Å². The van der Waals surface area contributed by atoms with E-state index in [-0.39, 0.29) is 11.7 Å². The molecule has 1 amide bonds. The molecule has 0 fully saturated rings. The van der Waals surface area contributed by atoms with Crippen LogP contribution in [0.15, 0.2) is 21.2 Å². The maximum atomic E-state index is 11.8. The van der Waals surface area contributed by atoms with Gasteiger partial charge in [-0.3, -0.25) is 4.79 Å². The maximum absolute atomic E-state index is 11.8. The molecular weight excluding hydrogens is 302 g/mol. The second kappa shape index (κ2) is 6.58. The molecule has 0 bridgehead atoms. The first-order valence-electron chi connectivity index (χ1n) is 5.58. The van der Waals surface area contributed by atoms with Gasteiger partial charge in [-0.25, -0.2) is 4.79 Å². The Bertz CT molecular complexity index is 427. The summed E-state index contributed by atoms with van der Waals surface area (Å²) in [5.74, 6) is -0.475. The van der Waals surface area contributed by atoms with E-state index in [2.05, 4.69) is 26.0 Å². The number of nitrogens with one attached hydrogen (secondary N) is 1. The van der Waals surface area contributed by atoms with Crippen LogP contribution in [0.25, 0.3) is 0 Å². The van der Waals surface area contributed by atoms with Crippen molar-refractivity contribution in [2.45, 2.75) is 26.3 Å². The van der Waals surface area contributed by atoms with Gasteiger partial charge in [-0.05, 0) is 40.4 Å². The Labute approximate surface area is 114 Å². The molecule has 0 saturated heterocycles. The number of rotatable bonds is 5. The van der Waals surface area contributed by atoms with E-state index in [0.29, 0.717) is 11.1 Å². The number of furan rings is 1. The number of ether oxygens (including phenoxy) is 1. The minimum absolute atomic E-state index is 0.152. The molecule has 0 saturated carbocycles. The standard InChI is InChI=1S/C12H16BrNO4/c1-7(2)6-8(12(16)17-3)14-11(15)9-4-5-10(13)18-9/h4-5,7-8H,6H2,1-3H3,(H,14,15). The van der Waals surface area contributed by atoms with Gasteiger partial charge in [-0.2, -0.15) is 0 Å². The average molecular weight is 318 g/mol. The summed E-state index contributed by atoms with van der Waals surface area (Å²) in [6.07, 6.45) is 0.514. The zero-order valence-corrected chi connectivity index (χ0v) is 12.1. The Kier molecular flexibility index (Phi) is 5.40. The molecule has 0 radical (unpaired) electrons. The van der Waals surface area contributed by atoms with Crippen LogP contribution in [-0.2, 0) is 9.53 Å². The van der Waals surface area contributed by atoms with Crippen LogP contribution in [0.2, 0.25) is 0 Å². The lowest BCUT2D eigenvalue weighted by molar-refractivity contribution is -0.143. The van der Waals surface area contributed by atoms with Crippen LogP contribution < -0.4 is 5.32 Å². The van der Waals surface area contributed by atoms with Crippen LogP contribution in [0.3, 0.4) is 0 Å². The molecule has 1 unspecified atom stereocenters. The second-order valence-electron chi connectivity index (χ2n) is 4.28. The van der Waals surface area contributed by atoms with Crippen LogP contribution in [0.1, 0.15) is 30.8 Å². The molecule has 1 N–H and O–H groups in total. The van der Waals surface area contributed by atoms with Gasteiger partial charge in [0, 0.05) is 0 Å². The van der Waals surface area contributed by atoms with E-state index < -0.39 is 17.9 Å². The van der Waals surface area contributed by atoms with E-state index in [4.69, 9.17) is 4.42 Å². The second-order valence-corrected chi connectivity index (χ2v) is 5.06. The van der Waals surface area contributed by atoms with Gasteiger partial charge in [0.1, 0.15) is 6.04 Å². The molecule has 5 nitrogen and oxygen atoms in total. The summed E-state index contributed by atoms with van der Waals surface area (Å²) in [4.78, 5) is 23.4. The average Bonchev–Trinajstić information content (AvgIpc) is 2.73. The molecule has 6 heteroatoms. The third kappa shape index (κ3) is 4.18. The van der Waals surface area contributed by atoms with Crippen molar-refractivity contribution < 1.29 is 18.7 Å². The van der Waals surface area contributed by atoms with Gasteiger partial charge in [-0.15, -0.1) is 0 Å². The molecule has 0 aliphatic heterocycles. The monoisotopic (exact) mass is 317 g/mol. The lowest BCUT2D eigenvalue weighted by Crippen LogP contribution is -2.42. The van der Waals surface area contributed by atoms with Crippen molar-refractivity contribution >= 4 is 27.8 Å². The van der Waals surface area contributed by atoms with Gasteiger partial charge >= 0.3 is 5.97 Å². The Balaban J connectivity index is 2.71. The number of hydrogen-bond acceptors (Lipinski definition) is 4. The van der Waals surface area contributed by atoms with Crippen molar-refractivity contribution in [1.82, 2.24) is 5.32 Å². The van der Waals surface area contributed by atoms with Crippen molar-refractivity contribution in [2.75, 3.05) is 7.11 Å². The first-order chi connectivity index (χ1) is 8.43. The number of methoxy groups -OCH3 is 1. The predicted molar refractivity (Wildman–Crippen MR) is 69.1 cm³/mol. The van der Waals surface area contributed by atoms with Crippen molar-refractivity contribution in [3.05, 3.63) is 22.6 Å². The van der Waals surface area contributed by atoms with Crippen LogP contribution in [-0.4, -0.2) is 25.0 Å². The number of carbonyl (C=O) groups excluding carboxylic acids is 2. The fourth-order valence-electron chi connectivity index (χ4n) is 1.49. The van der Waals surface area contributed by atoms with E-state index in [9.17, 15) is 9.59 Å². The summed E-state index contributed by atoms with van der Waals surface area (Å²) in [5.41, 5.74) is 0. The molecule has 0 aromatic carbocycles. The summed E-state index contributed by atoms with van der Waals surface area (Å²) in [7, 11) is 1.30. The smallest absolute Gasteiger partial charge is 0.328 e. The quantitative estimate of drug-likeness (QED) is 0.846. The Morgan fingerprint density at radius 1 is 1.44 bits per heavy atom. The number of esters is 1. The first kappa shape index (κ1) is 14.8. The fraction of sp³-hybridized carbons (Fsp3) is 0.500. The highest BCUT2D eigenvalue weighted by Crippen LogP contribution is 2.14. The minimum Gasteiger partial charge on any atom is -0.467 e. The largest absolute Gasteiger partial charge is 0.467 e. The zero-order chi connectivity index (χ0) is 13.7. The summed E-state index contributed by atoms with van der Waals surface area (Å²) in [6, 6.07) is 2.49. The highest BCUT2D eigenvalue weighted by atomic mass is 79.9. The molecule has 18 heavy (non-hydrogen) atoms. The summed E-state index contributed by atoms with van der Waals surface area (Å²) >= 11 is 3.11. The molecule has 0 aliphatic rings. The van der Waals surface area contributed by atoms with Crippen LogP contribution in [0.5, 0.6) is 0 Å². The van der Waals surface area contributed by atoms with Gasteiger partial charge in [0.15, 0.2) is 10.4 Å². The molecule has 1 rings (SSSR count). The summed E-state index contributed by atoms with van der Waals surface area (Å²) < 4.78 is 10.2. The third-order valence-electron chi connectivity index (χ3n) is 2.30. The normalized spacial score (nSPS) is 12.3. The molecule has 100 valence electrons. The summed E-state index contributed by atoms with van der Waals surface area (Å²) in [5, 5.41) is 2.60. The third-order valence-corrected chi connectivity index (χ3v) is 2.72. The highest BCUT2D eigenvalue weighted by Gasteiger charge is 2.24. The fourth-order valence-corrected chi connectivity index (χ4v) is 1.80. The van der Waals surface area contributed by atoms with Crippen LogP contribution in [0.4, 0.5) is 0 Å². The van der Waals surface area contributed by atoms with Gasteiger partial charge in [0.25, 0.3) is 5.91 Å². The summed E-state index contributed by atoms with van der Waals surface area (Å²) in [6.45, 7) is 3.93. The molecular formula is C12H16BrNO4. The van der Waals surface area contributed by atoms with E-state index in [1.807, 2.05) is 13.8 Å². The number of halogens is 1. The van der Waals surface area contributed by atoms with Crippen LogP contribution >= 0.6 is 15.9 Å². The topological polar surface area (TPSA) is 68.5 Å². The molecule has 1 aromatic heterocycles. The molecule has 0 spiro atoms. The van der Waals surface area contributed by atoms with Crippen LogP contribution in [0, 0.1) is 5.92 Å². The van der Waals surface area contributed by atoms with Crippen molar-refractivity contribution in [3.63, 3.8) is 0 Å². The predicted octanol–water partition coefficient (Wildman–Crippen LogP) is 2.36. The number of hydrogen-bond donors (Lipinski definition) is 1. The molecule has 1 heterocycles. The van der Waals surface area contributed by atoms with Gasteiger partial charge in [-0.1, -0.05) is 13.8 Å². The highest BCUT2D eigenvalue weighted by molar-refractivity contribution is 9.10. The van der Waals surface area contributed by atoms with E-state index in [1.165, 1.54) is 13.2 Å². The van der Waals surface area contributed by atoms with Gasteiger partial charge in [0.05, 0.1) is 7.11 Å². The van der Waals surface area contributed by atoms with Gasteiger partial charge < -0.3 is 14.5 Å². The van der Waals surface area contributed by atoms with E-state index in [0.717, 1.165) is 0 Å². The first-order valence-corrected chi connectivity index (χ1v) is 6.37. The Hall–Kier alpha value is -1.30. The van der Waals surface area contributed by atoms with Crippen molar-refractivity contribution in [2.24, 2.45) is 5.92 Å².